The molecule has 3 aliphatic heterocycles. The highest BCUT2D eigenvalue weighted by molar-refractivity contribution is 6.05. The van der Waals surface area contributed by atoms with Gasteiger partial charge in [0.1, 0.15) is 23.0 Å². The summed E-state index contributed by atoms with van der Waals surface area (Å²) in [6.07, 6.45) is 5.91. The van der Waals surface area contributed by atoms with Gasteiger partial charge >= 0.3 is 6.18 Å². The number of rotatable bonds is 8. The summed E-state index contributed by atoms with van der Waals surface area (Å²) in [5.74, 6) is -2.24. The molecule has 1 spiro atoms. The highest BCUT2D eigenvalue weighted by atomic mass is 19.4. The third-order valence-electron chi connectivity index (χ3n) is 12.9. The topological polar surface area (TPSA) is 139 Å². The van der Waals surface area contributed by atoms with Crippen LogP contribution in [0.25, 0.3) is 10.9 Å². The van der Waals surface area contributed by atoms with Gasteiger partial charge in [0, 0.05) is 67.9 Å². The van der Waals surface area contributed by atoms with E-state index in [9.17, 15) is 36.7 Å². The lowest BCUT2D eigenvalue weighted by Crippen LogP contribution is -2.45. The van der Waals surface area contributed by atoms with E-state index in [-0.39, 0.29) is 47.4 Å². The summed E-state index contributed by atoms with van der Waals surface area (Å²) in [5, 5.41) is 10.5. The maximum absolute atomic E-state index is 14.8. The number of ether oxygens (including phenoxy) is 1. The number of methoxy groups -OCH3 is 1. The number of hydrogen-bond donors (Lipinski definition) is 2. The highest BCUT2D eigenvalue weighted by Gasteiger charge is 2.40. The van der Waals surface area contributed by atoms with Gasteiger partial charge in [-0.1, -0.05) is 6.07 Å². The monoisotopic (exact) mass is 817 g/mol. The number of hydrogen-bond acceptors (Lipinski definition) is 8. The molecule has 0 radical (unpaired) electrons. The van der Waals surface area contributed by atoms with Crippen LogP contribution in [0.1, 0.15) is 108 Å². The molecule has 0 bridgehead atoms. The van der Waals surface area contributed by atoms with Gasteiger partial charge in [-0.25, -0.2) is 9.37 Å². The van der Waals surface area contributed by atoms with Crippen LogP contribution in [0.2, 0.25) is 0 Å². The van der Waals surface area contributed by atoms with Crippen molar-refractivity contribution < 1.29 is 41.5 Å². The summed E-state index contributed by atoms with van der Waals surface area (Å²) in [4.78, 5) is 58.3. The number of likely N-dealkylation sites (tertiary alicyclic amines) is 2. The van der Waals surface area contributed by atoms with E-state index in [1.54, 1.807) is 12.1 Å². The van der Waals surface area contributed by atoms with Crippen molar-refractivity contribution in [3.05, 3.63) is 83.1 Å². The van der Waals surface area contributed by atoms with Gasteiger partial charge in [-0.15, -0.1) is 0 Å². The molecule has 4 aromatic rings. The van der Waals surface area contributed by atoms with E-state index in [0.717, 1.165) is 88.5 Å². The zero-order valence-corrected chi connectivity index (χ0v) is 32.8. The second-order valence-electron chi connectivity index (χ2n) is 16.6. The number of halogens is 4. The van der Waals surface area contributed by atoms with Crippen LogP contribution in [-0.2, 0) is 15.8 Å². The maximum atomic E-state index is 14.8. The first-order valence-electron chi connectivity index (χ1n) is 20.3. The summed E-state index contributed by atoms with van der Waals surface area (Å²) < 4.78 is 61.8. The molecule has 12 nitrogen and oxygen atoms in total. The van der Waals surface area contributed by atoms with Crippen molar-refractivity contribution in [2.45, 2.75) is 82.3 Å². The molecule has 1 unspecified atom stereocenters. The van der Waals surface area contributed by atoms with E-state index < -0.39 is 35.4 Å². The standard InChI is InChI=1S/C43H47F4N7O5/c1-59-36-23-34-28(22-35(36)49-40(57)33-3-2-4-37(48-33)43(45,46)47)25-54(51-34)29-11-17-52(18-12-29)24-26-9-13-42(14-10-26)15-19-53(20-16-42)41(58)27-5-7-32(44)31(21-27)30-6-8-38(55)50-39(30)56/h2-5,7,21-23,25-26,29-30H,6,8-20,24H2,1H3,(H,49,57)(H,50,55,56). The van der Waals surface area contributed by atoms with Crippen LogP contribution in [0.15, 0.2) is 54.7 Å². The number of imide groups is 1. The Kier molecular flexibility index (Phi) is 11.2. The summed E-state index contributed by atoms with van der Waals surface area (Å²) in [5.41, 5.74) is 0.228. The van der Waals surface area contributed by atoms with Crippen molar-refractivity contribution in [2.24, 2.45) is 11.3 Å². The molecule has 8 rings (SSSR count). The number of fused-ring (bicyclic) bond motifs is 1. The number of benzene rings is 2. The molecule has 3 saturated heterocycles. The summed E-state index contributed by atoms with van der Waals surface area (Å²) in [6.45, 7) is 4.23. The number of amides is 4. The van der Waals surface area contributed by atoms with E-state index in [1.807, 2.05) is 15.8 Å². The molecular formula is C43H47F4N7O5. The lowest BCUT2D eigenvalue weighted by molar-refractivity contribution is -0.141. The number of nitrogens with zero attached hydrogens (tertiary/aromatic N) is 5. The Labute approximate surface area is 338 Å². The van der Waals surface area contributed by atoms with E-state index in [1.165, 1.54) is 31.4 Å². The minimum atomic E-state index is -4.67. The van der Waals surface area contributed by atoms with Gasteiger partial charge < -0.3 is 19.9 Å². The fourth-order valence-electron chi connectivity index (χ4n) is 9.44. The second kappa shape index (κ2) is 16.3. The molecule has 1 atom stereocenters. The first kappa shape index (κ1) is 40.4. The zero-order valence-electron chi connectivity index (χ0n) is 32.8. The lowest BCUT2D eigenvalue weighted by Gasteiger charge is -2.47. The average molecular weight is 818 g/mol. The summed E-state index contributed by atoms with van der Waals surface area (Å²) >= 11 is 0. The molecule has 4 amide bonds. The summed E-state index contributed by atoms with van der Waals surface area (Å²) in [6, 6.07) is 11.0. The van der Waals surface area contributed by atoms with Crippen molar-refractivity contribution in [3.63, 3.8) is 0 Å². The number of alkyl halides is 3. The predicted octanol–water partition coefficient (Wildman–Crippen LogP) is 7.12. The quantitative estimate of drug-likeness (QED) is 0.142. The number of carbonyl (C=O) groups is 4. The predicted molar refractivity (Wildman–Crippen MR) is 209 cm³/mol. The number of carbonyl (C=O) groups excluding carboxylic acids is 4. The molecule has 2 N–H and O–H groups in total. The van der Waals surface area contributed by atoms with Gasteiger partial charge in [0.2, 0.25) is 11.8 Å². The first-order chi connectivity index (χ1) is 28.3. The molecular weight excluding hydrogens is 771 g/mol. The van der Waals surface area contributed by atoms with Crippen molar-refractivity contribution in [3.8, 4) is 5.75 Å². The molecule has 2 aromatic carbocycles. The Morgan fingerprint density at radius 3 is 2.39 bits per heavy atom. The van der Waals surface area contributed by atoms with Gasteiger partial charge in [-0.3, -0.25) is 29.2 Å². The number of anilines is 1. The molecule has 5 heterocycles. The molecule has 1 saturated carbocycles. The lowest BCUT2D eigenvalue weighted by atomic mass is 9.65. The molecule has 59 heavy (non-hydrogen) atoms. The Morgan fingerprint density at radius 2 is 1.69 bits per heavy atom. The first-order valence-corrected chi connectivity index (χ1v) is 20.3. The van der Waals surface area contributed by atoms with Crippen LogP contribution < -0.4 is 15.4 Å². The molecule has 4 fully saturated rings. The van der Waals surface area contributed by atoms with E-state index in [0.29, 0.717) is 41.5 Å². The van der Waals surface area contributed by atoms with Gasteiger partial charge in [0.15, 0.2) is 0 Å². The molecule has 1 aliphatic carbocycles. The third kappa shape index (κ3) is 8.68. The summed E-state index contributed by atoms with van der Waals surface area (Å²) in [7, 11) is 1.45. The molecule has 4 aliphatic rings. The number of aromatic nitrogens is 3. The number of nitrogens with one attached hydrogen (secondary N) is 2. The van der Waals surface area contributed by atoms with Crippen LogP contribution >= 0.6 is 0 Å². The Bertz CT molecular complexity index is 2250. The van der Waals surface area contributed by atoms with Crippen LogP contribution in [0.4, 0.5) is 23.2 Å². The van der Waals surface area contributed by atoms with Crippen molar-refractivity contribution in [1.82, 2.24) is 29.9 Å². The number of pyridine rings is 1. The SMILES string of the molecule is COc1cc2nn(C3CCN(CC4CCC5(CC4)CCN(C(=O)c4ccc(F)c(C6CCC(=O)NC6=O)c4)CC5)CC3)cc2cc1NC(=O)c1cccc(C(F)(F)F)n1. The van der Waals surface area contributed by atoms with Crippen LogP contribution in [0.3, 0.4) is 0 Å². The molecule has 2 aromatic heterocycles. The van der Waals surface area contributed by atoms with Crippen LogP contribution in [0.5, 0.6) is 5.75 Å². The largest absolute Gasteiger partial charge is 0.494 e. The molecule has 16 heteroatoms. The molecule has 312 valence electrons. The highest BCUT2D eigenvalue weighted by Crippen LogP contribution is 2.47. The smallest absolute Gasteiger partial charge is 0.433 e. The normalized spacial score (nSPS) is 20.8. The number of piperidine rings is 3. The minimum absolute atomic E-state index is 0.136. The van der Waals surface area contributed by atoms with Gasteiger partial charge in [0.25, 0.3) is 11.8 Å². The minimum Gasteiger partial charge on any atom is -0.494 e. The van der Waals surface area contributed by atoms with Crippen molar-refractivity contribution in [1.29, 1.82) is 0 Å². The van der Waals surface area contributed by atoms with Crippen LogP contribution in [-0.4, -0.2) is 88.0 Å². The van der Waals surface area contributed by atoms with Crippen LogP contribution in [0, 0.1) is 17.2 Å². The zero-order chi connectivity index (χ0) is 41.5. The van der Waals surface area contributed by atoms with E-state index in [2.05, 4.69) is 20.5 Å². The van der Waals surface area contributed by atoms with Gasteiger partial charge in [-0.05, 0) is 106 Å². The van der Waals surface area contributed by atoms with Crippen molar-refractivity contribution in [2.75, 3.05) is 45.2 Å². The fraction of sp³-hybridized carbons (Fsp3) is 0.488. The van der Waals surface area contributed by atoms with Crippen molar-refractivity contribution >= 4 is 40.2 Å². The second-order valence-corrected chi connectivity index (χ2v) is 16.6. The van der Waals surface area contributed by atoms with Gasteiger partial charge in [-0.2, -0.15) is 18.3 Å². The fourth-order valence-corrected chi connectivity index (χ4v) is 9.44. The third-order valence-corrected chi connectivity index (χ3v) is 12.9. The average Bonchev–Trinajstić information content (AvgIpc) is 3.65. The Balaban J connectivity index is 0.808. The van der Waals surface area contributed by atoms with Gasteiger partial charge in [0.05, 0.1) is 30.3 Å². The van der Waals surface area contributed by atoms with E-state index in [4.69, 9.17) is 9.84 Å². The van der Waals surface area contributed by atoms with E-state index >= 15 is 0 Å². The maximum Gasteiger partial charge on any atom is 0.433 e. The Hall–Kier alpha value is -5.38. The Morgan fingerprint density at radius 1 is 0.949 bits per heavy atom.